The van der Waals surface area contributed by atoms with Gasteiger partial charge in [-0.3, -0.25) is 9.69 Å². The maximum Gasteiger partial charge on any atom is 0.241 e. The first kappa shape index (κ1) is 20.2. The topological polar surface area (TPSA) is 44.8 Å². The van der Waals surface area contributed by atoms with Crippen LogP contribution in [0.2, 0.25) is 0 Å². The van der Waals surface area contributed by atoms with Gasteiger partial charge in [0.1, 0.15) is 5.75 Å². The van der Waals surface area contributed by atoms with Gasteiger partial charge in [-0.15, -0.1) is 0 Å². The van der Waals surface area contributed by atoms with Crippen LogP contribution < -0.4 is 15.0 Å². The van der Waals surface area contributed by atoms with Crippen LogP contribution in [0.15, 0.2) is 36.4 Å². The number of ether oxygens (including phenoxy) is 1. The predicted molar refractivity (Wildman–Crippen MR) is 116 cm³/mol. The Kier molecular flexibility index (Phi) is 6.25. The lowest BCUT2D eigenvalue weighted by Gasteiger charge is -2.39. The first-order valence-corrected chi connectivity index (χ1v) is 9.91. The number of hydrogen-bond acceptors (Lipinski definition) is 4. The summed E-state index contributed by atoms with van der Waals surface area (Å²) in [5.74, 6) is 0.690. The van der Waals surface area contributed by atoms with E-state index in [1.165, 1.54) is 16.8 Å². The van der Waals surface area contributed by atoms with E-state index >= 15 is 0 Å². The zero-order valence-electron chi connectivity index (χ0n) is 17.6. The number of nitrogens with zero attached hydrogens (tertiary/aromatic N) is 2. The van der Waals surface area contributed by atoms with Crippen LogP contribution in [0.1, 0.15) is 23.6 Å². The Bertz CT molecular complexity index is 842. The van der Waals surface area contributed by atoms with Crippen LogP contribution in [0.4, 0.5) is 11.4 Å². The average Bonchev–Trinajstić information content (AvgIpc) is 2.70. The second kappa shape index (κ2) is 8.65. The van der Waals surface area contributed by atoms with Gasteiger partial charge in [0.05, 0.1) is 18.8 Å². The highest BCUT2D eigenvalue weighted by Crippen LogP contribution is 2.26. The fourth-order valence-electron chi connectivity index (χ4n) is 3.75. The molecule has 1 N–H and O–H groups in total. The van der Waals surface area contributed by atoms with E-state index in [0.717, 1.165) is 37.4 Å². The number of amides is 1. The molecule has 1 fully saturated rings. The third kappa shape index (κ3) is 4.30. The average molecular weight is 382 g/mol. The van der Waals surface area contributed by atoms with E-state index in [0.29, 0.717) is 5.75 Å². The monoisotopic (exact) mass is 381 g/mol. The first-order valence-electron chi connectivity index (χ1n) is 9.91. The van der Waals surface area contributed by atoms with E-state index in [4.69, 9.17) is 4.74 Å². The summed E-state index contributed by atoms with van der Waals surface area (Å²) in [5, 5.41) is 3.04. The Morgan fingerprint density at radius 1 is 1.07 bits per heavy atom. The van der Waals surface area contributed by atoms with Gasteiger partial charge in [-0.05, 0) is 62.6 Å². The van der Waals surface area contributed by atoms with Gasteiger partial charge in [-0.25, -0.2) is 0 Å². The predicted octanol–water partition coefficient (Wildman–Crippen LogP) is 3.77. The molecule has 1 atom stereocenters. The minimum Gasteiger partial charge on any atom is -0.495 e. The molecular formula is C23H31N3O2. The molecule has 1 saturated heterocycles. The van der Waals surface area contributed by atoms with Gasteiger partial charge in [-0.2, -0.15) is 0 Å². The van der Waals surface area contributed by atoms with Crippen molar-refractivity contribution in [2.24, 2.45) is 0 Å². The molecule has 2 aromatic rings. The van der Waals surface area contributed by atoms with Crippen LogP contribution in [-0.2, 0) is 4.79 Å². The second-order valence-electron chi connectivity index (χ2n) is 7.61. The van der Waals surface area contributed by atoms with Crippen LogP contribution in [0.3, 0.4) is 0 Å². The van der Waals surface area contributed by atoms with Crippen molar-refractivity contribution in [3.05, 3.63) is 53.1 Å². The molecule has 1 aliphatic heterocycles. The molecule has 1 heterocycles. The lowest BCUT2D eigenvalue weighted by molar-refractivity contribution is -0.120. The van der Waals surface area contributed by atoms with E-state index < -0.39 is 0 Å². The number of rotatable bonds is 5. The second-order valence-corrected chi connectivity index (χ2v) is 7.61. The lowest BCUT2D eigenvalue weighted by atomic mass is 10.1. The smallest absolute Gasteiger partial charge is 0.241 e. The zero-order valence-corrected chi connectivity index (χ0v) is 17.6. The summed E-state index contributed by atoms with van der Waals surface area (Å²) in [5.41, 5.74) is 5.79. The quantitative estimate of drug-likeness (QED) is 0.856. The maximum atomic E-state index is 12.8. The minimum atomic E-state index is -0.189. The van der Waals surface area contributed by atoms with Crippen molar-refractivity contribution in [1.82, 2.24) is 4.90 Å². The van der Waals surface area contributed by atoms with Crippen LogP contribution >= 0.6 is 0 Å². The Labute approximate surface area is 168 Å². The maximum absolute atomic E-state index is 12.8. The van der Waals surface area contributed by atoms with Crippen molar-refractivity contribution in [3.8, 4) is 5.75 Å². The number of methoxy groups -OCH3 is 1. The third-order valence-corrected chi connectivity index (χ3v) is 5.77. The SMILES string of the molecule is COc1ccc(C)cc1NC(=O)[C@H](C)N1CCN(c2cccc(C)c2C)CC1. The third-order valence-electron chi connectivity index (χ3n) is 5.77. The van der Waals surface area contributed by atoms with Crippen LogP contribution in [-0.4, -0.2) is 50.1 Å². The van der Waals surface area contributed by atoms with Gasteiger partial charge in [-0.1, -0.05) is 18.2 Å². The number of aryl methyl sites for hydroxylation is 2. The molecule has 0 spiro atoms. The van der Waals surface area contributed by atoms with Gasteiger partial charge >= 0.3 is 0 Å². The van der Waals surface area contributed by atoms with Gasteiger partial charge in [0.15, 0.2) is 0 Å². The minimum absolute atomic E-state index is 0.00378. The van der Waals surface area contributed by atoms with Gasteiger partial charge in [0.2, 0.25) is 5.91 Å². The molecule has 0 radical (unpaired) electrons. The molecule has 1 aliphatic rings. The molecule has 1 amide bonds. The molecule has 2 aromatic carbocycles. The molecule has 0 aromatic heterocycles. The van der Waals surface area contributed by atoms with Crippen molar-refractivity contribution in [2.75, 3.05) is 43.5 Å². The number of nitrogens with one attached hydrogen (secondary N) is 1. The molecule has 0 aliphatic carbocycles. The number of hydrogen-bond donors (Lipinski definition) is 1. The molecule has 150 valence electrons. The van der Waals surface area contributed by atoms with Crippen LogP contribution in [0.25, 0.3) is 0 Å². The highest BCUT2D eigenvalue weighted by molar-refractivity contribution is 5.96. The number of piperazine rings is 1. The molecule has 28 heavy (non-hydrogen) atoms. The summed E-state index contributed by atoms with van der Waals surface area (Å²) in [4.78, 5) is 17.5. The summed E-state index contributed by atoms with van der Waals surface area (Å²) < 4.78 is 5.38. The number of benzene rings is 2. The normalized spacial score (nSPS) is 16.0. The zero-order chi connectivity index (χ0) is 20.3. The largest absolute Gasteiger partial charge is 0.495 e. The van der Waals surface area contributed by atoms with E-state index in [2.05, 4.69) is 47.2 Å². The van der Waals surface area contributed by atoms with E-state index in [1.54, 1.807) is 7.11 Å². The molecule has 5 heteroatoms. The molecule has 0 saturated carbocycles. The molecule has 0 unspecified atom stereocenters. The van der Waals surface area contributed by atoms with Crippen molar-refractivity contribution in [1.29, 1.82) is 0 Å². The Morgan fingerprint density at radius 2 is 1.79 bits per heavy atom. The standard InChI is InChI=1S/C23H31N3O2/c1-16-9-10-22(28-5)20(15-16)24-23(27)19(4)25-11-13-26(14-12-25)21-8-6-7-17(2)18(21)3/h6-10,15,19H,11-14H2,1-5H3,(H,24,27)/t19-/m0/s1. The van der Waals surface area contributed by atoms with Crippen molar-refractivity contribution < 1.29 is 9.53 Å². The van der Waals surface area contributed by atoms with E-state index in [1.807, 2.05) is 32.0 Å². The molecular weight excluding hydrogens is 350 g/mol. The molecule has 5 nitrogen and oxygen atoms in total. The summed E-state index contributed by atoms with van der Waals surface area (Å²) in [6.45, 7) is 11.9. The number of anilines is 2. The number of carbonyl (C=O) groups excluding carboxylic acids is 1. The highest BCUT2D eigenvalue weighted by Gasteiger charge is 2.26. The molecule has 3 rings (SSSR count). The van der Waals surface area contributed by atoms with Crippen molar-refractivity contribution in [3.63, 3.8) is 0 Å². The Hall–Kier alpha value is -2.53. The van der Waals surface area contributed by atoms with Crippen LogP contribution in [0, 0.1) is 20.8 Å². The van der Waals surface area contributed by atoms with E-state index in [-0.39, 0.29) is 11.9 Å². The first-order chi connectivity index (χ1) is 13.4. The molecule has 0 bridgehead atoms. The number of carbonyl (C=O) groups is 1. The lowest BCUT2D eigenvalue weighted by Crippen LogP contribution is -2.53. The van der Waals surface area contributed by atoms with Crippen molar-refractivity contribution in [2.45, 2.75) is 33.7 Å². The van der Waals surface area contributed by atoms with Crippen LogP contribution in [0.5, 0.6) is 5.75 Å². The van der Waals surface area contributed by atoms with Gasteiger partial charge in [0, 0.05) is 31.9 Å². The summed E-state index contributed by atoms with van der Waals surface area (Å²) >= 11 is 0. The fraction of sp³-hybridized carbons (Fsp3) is 0.435. The van der Waals surface area contributed by atoms with Crippen molar-refractivity contribution >= 4 is 17.3 Å². The van der Waals surface area contributed by atoms with Gasteiger partial charge in [0.25, 0.3) is 0 Å². The summed E-state index contributed by atoms with van der Waals surface area (Å²) in [6.07, 6.45) is 0. The Balaban J connectivity index is 1.62. The fourth-order valence-corrected chi connectivity index (χ4v) is 3.75. The Morgan fingerprint density at radius 3 is 2.46 bits per heavy atom. The highest BCUT2D eigenvalue weighted by atomic mass is 16.5. The van der Waals surface area contributed by atoms with Gasteiger partial charge < -0.3 is 15.0 Å². The summed E-state index contributed by atoms with van der Waals surface area (Å²) in [7, 11) is 1.62. The van der Waals surface area contributed by atoms with E-state index in [9.17, 15) is 4.79 Å². The summed E-state index contributed by atoms with van der Waals surface area (Å²) in [6, 6.07) is 12.1.